The van der Waals surface area contributed by atoms with Crippen molar-refractivity contribution < 1.29 is 0 Å². The molecule has 3 N–H and O–H groups in total. The SMILES string of the molecule is N=C(N)c1c(Br)cccc1N(Cc1cccs1)C1CC1. The summed E-state index contributed by atoms with van der Waals surface area (Å²) in [6, 6.07) is 10.8. The third-order valence-electron chi connectivity index (χ3n) is 3.46. The molecule has 1 fully saturated rings. The molecule has 0 spiro atoms. The number of rotatable bonds is 5. The smallest absolute Gasteiger partial charge is 0.126 e. The lowest BCUT2D eigenvalue weighted by Gasteiger charge is -2.27. The molecule has 20 heavy (non-hydrogen) atoms. The topological polar surface area (TPSA) is 53.1 Å². The Morgan fingerprint density at radius 3 is 2.75 bits per heavy atom. The lowest BCUT2D eigenvalue weighted by Crippen LogP contribution is -2.28. The fourth-order valence-electron chi connectivity index (χ4n) is 2.39. The van der Waals surface area contributed by atoms with Crippen molar-refractivity contribution in [2.24, 2.45) is 5.73 Å². The monoisotopic (exact) mass is 349 g/mol. The number of amidine groups is 1. The molecule has 3 rings (SSSR count). The highest BCUT2D eigenvalue weighted by atomic mass is 79.9. The Balaban J connectivity index is 1.99. The Morgan fingerprint density at radius 1 is 1.35 bits per heavy atom. The molecule has 104 valence electrons. The molecule has 0 bridgehead atoms. The largest absolute Gasteiger partial charge is 0.384 e. The van der Waals surface area contributed by atoms with Gasteiger partial charge >= 0.3 is 0 Å². The summed E-state index contributed by atoms with van der Waals surface area (Å²) in [5, 5.41) is 9.95. The maximum atomic E-state index is 7.85. The lowest BCUT2D eigenvalue weighted by atomic mass is 10.1. The molecule has 2 aromatic rings. The van der Waals surface area contributed by atoms with Crippen LogP contribution < -0.4 is 10.6 Å². The van der Waals surface area contributed by atoms with E-state index in [2.05, 4.69) is 44.4 Å². The van der Waals surface area contributed by atoms with Gasteiger partial charge in [0.15, 0.2) is 0 Å². The van der Waals surface area contributed by atoms with Gasteiger partial charge in [0.25, 0.3) is 0 Å². The first-order chi connectivity index (χ1) is 9.66. The van der Waals surface area contributed by atoms with E-state index in [-0.39, 0.29) is 5.84 Å². The Labute approximate surface area is 131 Å². The van der Waals surface area contributed by atoms with Crippen molar-refractivity contribution >= 4 is 38.8 Å². The van der Waals surface area contributed by atoms with Gasteiger partial charge in [-0.3, -0.25) is 5.41 Å². The summed E-state index contributed by atoms with van der Waals surface area (Å²) in [7, 11) is 0. The third-order valence-corrected chi connectivity index (χ3v) is 4.99. The van der Waals surface area contributed by atoms with Crippen molar-refractivity contribution in [3.63, 3.8) is 0 Å². The molecule has 1 aliphatic carbocycles. The fourth-order valence-corrected chi connectivity index (χ4v) is 3.66. The van der Waals surface area contributed by atoms with Crippen LogP contribution in [0.5, 0.6) is 0 Å². The number of nitrogens with one attached hydrogen (secondary N) is 1. The summed E-state index contributed by atoms with van der Waals surface area (Å²) >= 11 is 5.29. The second-order valence-electron chi connectivity index (χ2n) is 4.99. The van der Waals surface area contributed by atoms with Crippen molar-refractivity contribution in [1.29, 1.82) is 5.41 Å². The predicted octanol–water partition coefficient (Wildman–Crippen LogP) is 3.96. The quantitative estimate of drug-likeness (QED) is 0.633. The molecular formula is C15H16BrN3S. The molecule has 5 heteroatoms. The first-order valence-corrected chi connectivity index (χ1v) is 8.26. The van der Waals surface area contributed by atoms with E-state index in [4.69, 9.17) is 11.1 Å². The van der Waals surface area contributed by atoms with Crippen molar-refractivity contribution in [1.82, 2.24) is 0 Å². The molecule has 0 radical (unpaired) electrons. The summed E-state index contributed by atoms with van der Waals surface area (Å²) in [5.74, 6) is 0.115. The van der Waals surface area contributed by atoms with Crippen LogP contribution in [0.25, 0.3) is 0 Å². The van der Waals surface area contributed by atoms with E-state index in [9.17, 15) is 0 Å². The van der Waals surface area contributed by atoms with Crippen LogP contribution in [-0.4, -0.2) is 11.9 Å². The molecule has 1 aromatic carbocycles. The molecule has 0 unspecified atom stereocenters. The lowest BCUT2D eigenvalue weighted by molar-refractivity contribution is 0.802. The average Bonchev–Trinajstić information content (AvgIpc) is 3.12. The Hall–Kier alpha value is -1.33. The summed E-state index contributed by atoms with van der Waals surface area (Å²) in [6.07, 6.45) is 2.43. The van der Waals surface area contributed by atoms with Crippen molar-refractivity contribution in [3.8, 4) is 0 Å². The molecule has 0 aliphatic heterocycles. The number of nitrogen functional groups attached to an aromatic ring is 1. The van der Waals surface area contributed by atoms with E-state index >= 15 is 0 Å². The zero-order valence-corrected chi connectivity index (χ0v) is 13.4. The van der Waals surface area contributed by atoms with Gasteiger partial charge in [0.1, 0.15) is 5.84 Å². The molecule has 0 atom stereocenters. The highest BCUT2D eigenvalue weighted by molar-refractivity contribution is 9.10. The summed E-state index contributed by atoms with van der Waals surface area (Å²) in [5.41, 5.74) is 7.64. The van der Waals surface area contributed by atoms with E-state index in [1.54, 1.807) is 11.3 Å². The van der Waals surface area contributed by atoms with E-state index in [0.29, 0.717) is 6.04 Å². The highest BCUT2D eigenvalue weighted by Crippen LogP contribution is 2.37. The first kappa shape index (κ1) is 13.6. The van der Waals surface area contributed by atoms with Gasteiger partial charge in [-0.1, -0.05) is 12.1 Å². The second kappa shape index (κ2) is 5.58. The van der Waals surface area contributed by atoms with Crippen LogP contribution in [0.4, 0.5) is 5.69 Å². The molecule has 1 aliphatic rings. The number of benzene rings is 1. The van der Waals surface area contributed by atoms with E-state index < -0.39 is 0 Å². The Kier molecular flexibility index (Phi) is 3.81. The van der Waals surface area contributed by atoms with Gasteiger partial charge in [-0.25, -0.2) is 0 Å². The maximum Gasteiger partial charge on any atom is 0.126 e. The third kappa shape index (κ3) is 2.74. The number of nitrogens with two attached hydrogens (primary N) is 1. The van der Waals surface area contributed by atoms with Crippen LogP contribution >= 0.6 is 27.3 Å². The maximum absolute atomic E-state index is 7.85. The van der Waals surface area contributed by atoms with Gasteiger partial charge in [-0.05, 0) is 52.4 Å². The Bertz CT molecular complexity index is 620. The summed E-state index contributed by atoms with van der Waals surface area (Å²) in [4.78, 5) is 3.72. The molecular weight excluding hydrogens is 334 g/mol. The first-order valence-electron chi connectivity index (χ1n) is 6.58. The van der Waals surface area contributed by atoms with Crippen LogP contribution in [0.15, 0.2) is 40.2 Å². The van der Waals surface area contributed by atoms with Gasteiger partial charge in [-0.15, -0.1) is 11.3 Å². The van der Waals surface area contributed by atoms with Crippen molar-refractivity contribution in [2.75, 3.05) is 4.90 Å². The standard InChI is InChI=1S/C15H16BrN3S/c16-12-4-1-5-13(14(12)15(17)18)19(10-6-7-10)9-11-3-2-8-20-11/h1-5,8,10H,6-7,9H2,(H3,17,18). The van der Waals surface area contributed by atoms with Gasteiger partial charge in [0, 0.05) is 21.1 Å². The minimum absolute atomic E-state index is 0.115. The normalized spacial score (nSPS) is 14.2. The number of halogens is 1. The van der Waals surface area contributed by atoms with Gasteiger partial charge < -0.3 is 10.6 Å². The second-order valence-corrected chi connectivity index (χ2v) is 6.87. The highest BCUT2D eigenvalue weighted by Gasteiger charge is 2.31. The molecule has 1 heterocycles. The Morgan fingerprint density at radius 2 is 2.15 bits per heavy atom. The van der Waals surface area contributed by atoms with E-state index in [1.807, 2.05) is 12.1 Å². The van der Waals surface area contributed by atoms with Crippen LogP contribution in [-0.2, 0) is 6.54 Å². The fraction of sp³-hybridized carbons (Fsp3) is 0.267. The predicted molar refractivity (Wildman–Crippen MR) is 88.7 cm³/mol. The molecule has 0 amide bonds. The minimum Gasteiger partial charge on any atom is -0.384 e. The van der Waals surface area contributed by atoms with E-state index in [1.165, 1.54) is 17.7 Å². The van der Waals surface area contributed by atoms with E-state index in [0.717, 1.165) is 22.3 Å². The molecule has 1 saturated carbocycles. The van der Waals surface area contributed by atoms with Crippen LogP contribution in [0.1, 0.15) is 23.3 Å². The molecule has 1 aromatic heterocycles. The number of nitrogens with zero attached hydrogens (tertiary/aromatic N) is 1. The summed E-state index contributed by atoms with van der Waals surface area (Å²) < 4.78 is 0.888. The van der Waals surface area contributed by atoms with Crippen molar-refractivity contribution in [3.05, 3.63) is 50.6 Å². The minimum atomic E-state index is 0.115. The molecule has 0 saturated heterocycles. The van der Waals surface area contributed by atoms with Gasteiger partial charge in [0.05, 0.1) is 12.1 Å². The number of thiophene rings is 1. The van der Waals surface area contributed by atoms with Crippen molar-refractivity contribution in [2.45, 2.75) is 25.4 Å². The number of anilines is 1. The van der Waals surface area contributed by atoms with Gasteiger partial charge in [-0.2, -0.15) is 0 Å². The average molecular weight is 350 g/mol. The van der Waals surface area contributed by atoms with Crippen LogP contribution in [0, 0.1) is 5.41 Å². The van der Waals surface area contributed by atoms with Crippen LogP contribution in [0.2, 0.25) is 0 Å². The zero-order valence-electron chi connectivity index (χ0n) is 11.0. The molecule has 3 nitrogen and oxygen atoms in total. The zero-order chi connectivity index (χ0) is 14.1. The summed E-state index contributed by atoms with van der Waals surface area (Å²) in [6.45, 7) is 0.888. The number of hydrogen-bond acceptors (Lipinski definition) is 3. The number of hydrogen-bond donors (Lipinski definition) is 2. The van der Waals surface area contributed by atoms with Crippen LogP contribution in [0.3, 0.4) is 0 Å². The van der Waals surface area contributed by atoms with Gasteiger partial charge in [0.2, 0.25) is 0 Å².